The van der Waals surface area contributed by atoms with Gasteiger partial charge in [-0.05, 0) is 19.4 Å². The molecule has 1 aromatic heterocycles. The van der Waals surface area contributed by atoms with Gasteiger partial charge in [0.25, 0.3) is 5.91 Å². The number of nitrogens with zero attached hydrogens (tertiary/aromatic N) is 1. The van der Waals surface area contributed by atoms with Gasteiger partial charge in [0.15, 0.2) is 0 Å². The smallest absolute Gasteiger partial charge is 0.263 e. The zero-order chi connectivity index (χ0) is 22.4. The Morgan fingerprint density at radius 2 is 1.65 bits per heavy atom. The summed E-state index contributed by atoms with van der Waals surface area (Å²) in [6.07, 6.45) is 0.0657. The highest BCUT2D eigenvalue weighted by atomic mass is 32.1. The number of rotatable bonds is 8. The maximum absolute atomic E-state index is 12.6. The van der Waals surface area contributed by atoms with Crippen molar-refractivity contribution in [2.24, 2.45) is 0 Å². The van der Waals surface area contributed by atoms with E-state index in [2.05, 4.69) is 15.6 Å². The minimum absolute atomic E-state index is 0.0657. The van der Waals surface area contributed by atoms with Crippen LogP contribution in [0.25, 0.3) is 0 Å². The van der Waals surface area contributed by atoms with E-state index in [0.29, 0.717) is 39.3 Å². The third-order valence-electron chi connectivity index (χ3n) is 4.57. The molecule has 8 heteroatoms. The molecule has 3 rings (SSSR count). The number of aryl methyl sites for hydroxylation is 2. The summed E-state index contributed by atoms with van der Waals surface area (Å²) < 4.78 is 10.4. The number of amides is 2. The zero-order valence-electron chi connectivity index (χ0n) is 17.9. The van der Waals surface area contributed by atoms with E-state index in [1.54, 1.807) is 39.3 Å². The molecule has 0 aliphatic carbocycles. The van der Waals surface area contributed by atoms with Crippen molar-refractivity contribution in [3.05, 3.63) is 69.2 Å². The van der Waals surface area contributed by atoms with Gasteiger partial charge in [0.1, 0.15) is 21.4 Å². The Hall–Kier alpha value is -3.39. The first-order valence-corrected chi connectivity index (χ1v) is 10.5. The van der Waals surface area contributed by atoms with Gasteiger partial charge in [0, 0.05) is 30.4 Å². The average Bonchev–Trinajstić information content (AvgIpc) is 3.12. The molecule has 0 spiro atoms. The fraction of sp³-hybridized carbons (Fsp3) is 0.261. The second-order valence-corrected chi connectivity index (χ2v) is 8.10. The van der Waals surface area contributed by atoms with Gasteiger partial charge in [0.2, 0.25) is 5.91 Å². The monoisotopic (exact) mass is 439 g/mol. The molecule has 3 aromatic rings. The van der Waals surface area contributed by atoms with Gasteiger partial charge < -0.3 is 20.1 Å². The van der Waals surface area contributed by atoms with Crippen LogP contribution in [-0.2, 0) is 17.8 Å². The van der Waals surface area contributed by atoms with Crippen molar-refractivity contribution in [3.8, 4) is 11.5 Å². The highest BCUT2D eigenvalue weighted by Crippen LogP contribution is 2.26. The number of thiazole rings is 1. The Bertz CT molecular complexity index is 1050. The Labute approximate surface area is 185 Å². The Balaban J connectivity index is 1.61. The summed E-state index contributed by atoms with van der Waals surface area (Å²) in [6, 6.07) is 13.1. The van der Waals surface area contributed by atoms with Gasteiger partial charge in [-0.15, -0.1) is 11.3 Å². The molecule has 0 bridgehead atoms. The van der Waals surface area contributed by atoms with Crippen molar-refractivity contribution >= 4 is 28.8 Å². The maximum atomic E-state index is 12.6. The molecule has 31 heavy (non-hydrogen) atoms. The topological polar surface area (TPSA) is 89.5 Å². The SMILES string of the molecule is COc1cc(NC(=O)Cc2nc(C)c(C(=O)NCc3ccc(C)cc3)s2)cc(OC)c1. The lowest BCUT2D eigenvalue weighted by Gasteiger charge is -2.09. The third-order valence-corrected chi connectivity index (χ3v) is 5.72. The lowest BCUT2D eigenvalue weighted by atomic mass is 10.1. The van der Waals surface area contributed by atoms with Crippen molar-refractivity contribution < 1.29 is 19.1 Å². The molecule has 0 aliphatic heterocycles. The Morgan fingerprint density at radius 3 is 2.26 bits per heavy atom. The molecule has 0 unspecified atom stereocenters. The predicted octanol–water partition coefficient (Wildman–Crippen LogP) is 3.89. The molecule has 162 valence electrons. The number of hydrogen-bond acceptors (Lipinski definition) is 6. The molecule has 2 aromatic carbocycles. The molecule has 1 heterocycles. The second kappa shape index (κ2) is 10.1. The van der Waals surface area contributed by atoms with Gasteiger partial charge in [-0.2, -0.15) is 0 Å². The van der Waals surface area contributed by atoms with Crippen LogP contribution in [0.2, 0.25) is 0 Å². The van der Waals surface area contributed by atoms with E-state index in [4.69, 9.17) is 9.47 Å². The second-order valence-electron chi connectivity index (χ2n) is 7.02. The lowest BCUT2D eigenvalue weighted by Crippen LogP contribution is -2.22. The summed E-state index contributed by atoms with van der Waals surface area (Å²) >= 11 is 1.23. The van der Waals surface area contributed by atoms with E-state index in [0.717, 1.165) is 5.56 Å². The summed E-state index contributed by atoms with van der Waals surface area (Å²) in [7, 11) is 3.09. The number of methoxy groups -OCH3 is 2. The number of anilines is 1. The van der Waals surface area contributed by atoms with E-state index in [1.165, 1.54) is 16.9 Å². The van der Waals surface area contributed by atoms with Gasteiger partial charge in [0.05, 0.1) is 26.3 Å². The number of hydrogen-bond donors (Lipinski definition) is 2. The number of aromatic nitrogens is 1. The third kappa shape index (κ3) is 6.05. The van der Waals surface area contributed by atoms with Crippen molar-refractivity contribution in [1.82, 2.24) is 10.3 Å². The minimum Gasteiger partial charge on any atom is -0.497 e. The van der Waals surface area contributed by atoms with Crippen LogP contribution in [0.15, 0.2) is 42.5 Å². The van der Waals surface area contributed by atoms with Crippen LogP contribution >= 0.6 is 11.3 Å². The predicted molar refractivity (Wildman–Crippen MR) is 121 cm³/mol. The standard InChI is InChI=1S/C23H25N3O4S/c1-14-5-7-16(8-6-14)13-24-23(28)22-15(2)25-21(31-22)12-20(27)26-17-9-18(29-3)11-19(10-17)30-4/h5-11H,12-13H2,1-4H3,(H,24,28)(H,26,27). The molecule has 0 saturated heterocycles. The summed E-state index contributed by atoms with van der Waals surface area (Å²) in [5.41, 5.74) is 3.36. The van der Waals surface area contributed by atoms with Crippen molar-refractivity contribution in [3.63, 3.8) is 0 Å². The molecule has 2 N–H and O–H groups in total. The largest absolute Gasteiger partial charge is 0.497 e. The molecule has 0 radical (unpaired) electrons. The van der Waals surface area contributed by atoms with Gasteiger partial charge >= 0.3 is 0 Å². The Morgan fingerprint density at radius 1 is 1.00 bits per heavy atom. The molecule has 0 aliphatic rings. The van der Waals surface area contributed by atoms with Crippen LogP contribution in [0.3, 0.4) is 0 Å². The number of nitrogens with one attached hydrogen (secondary N) is 2. The summed E-state index contributed by atoms with van der Waals surface area (Å²) in [5.74, 6) is 0.718. The zero-order valence-corrected chi connectivity index (χ0v) is 18.8. The lowest BCUT2D eigenvalue weighted by molar-refractivity contribution is -0.115. The highest BCUT2D eigenvalue weighted by molar-refractivity contribution is 7.13. The van der Waals surface area contributed by atoms with Crippen LogP contribution in [0.5, 0.6) is 11.5 Å². The summed E-state index contributed by atoms with van der Waals surface area (Å²) in [4.78, 5) is 30.0. The normalized spacial score (nSPS) is 10.5. The molecule has 0 saturated carbocycles. The van der Waals surface area contributed by atoms with E-state index in [1.807, 2.05) is 31.2 Å². The fourth-order valence-electron chi connectivity index (χ4n) is 2.93. The minimum atomic E-state index is -0.240. The van der Waals surface area contributed by atoms with E-state index in [-0.39, 0.29) is 18.2 Å². The number of carbonyl (C=O) groups excluding carboxylic acids is 2. The summed E-state index contributed by atoms with van der Waals surface area (Å²) in [6.45, 7) is 4.22. The molecular weight excluding hydrogens is 414 g/mol. The van der Waals surface area contributed by atoms with Crippen LogP contribution < -0.4 is 20.1 Å². The number of carbonyl (C=O) groups is 2. The molecule has 0 atom stereocenters. The first-order valence-electron chi connectivity index (χ1n) is 9.71. The first-order chi connectivity index (χ1) is 14.9. The van der Waals surface area contributed by atoms with Crippen LogP contribution in [0, 0.1) is 13.8 Å². The van der Waals surface area contributed by atoms with E-state index < -0.39 is 0 Å². The fourth-order valence-corrected chi connectivity index (χ4v) is 3.91. The molecule has 2 amide bonds. The molecule has 0 fully saturated rings. The maximum Gasteiger partial charge on any atom is 0.263 e. The quantitative estimate of drug-likeness (QED) is 0.556. The molecular formula is C23H25N3O4S. The van der Waals surface area contributed by atoms with Crippen molar-refractivity contribution in [1.29, 1.82) is 0 Å². The highest BCUT2D eigenvalue weighted by Gasteiger charge is 2.17. The summed E-state index contributed by atoms with van der Waals surface area (Å²) in [5, 5.41) is 6.30. The van der Waals surface area contributed by atoms with Crippen molar-refractivity contribution in [2.75, 3.05) is 19.5 Å². The molecule has 7 nitrogen and oxygen atoms in total. The average molecular weight is 440 g/mol. The first kappa shape index (κ1) is 22.3. The van der Waals surface area contributed by atoms with Crippen LogP contribution in [0.1, 0.15) is 31.5 Å². The van der Waals surface area contributed by atoms with Crippen LogP contribution in [-0.4, -0.2) is 31.0 Å². The van der Waals surface area contributed by atoms with E-state index in [9.17, 15) is 9.59 Å². The van der Waals surface area contributed by atoms with Gasteiger partial charge in [-0.25, -0.2) is 4.98 Å². The number of benzene rings is 2. The Kier molecular flexibility index (Phi) is 7.25. The van der Waals surface area contributed by atoms with E-state index >= 15 is 0 Å². The number of ether oxygens (including phenoxy) is 2. The van der Waals surface area contributed by atoms with Gasteiger partial charge in [-0.1, -0.05) is 29.8 Å². The van der Waals surface area contributed by atoms with Crippen molar-refractivity contribution in [2.45, 2.75) is 26.8 Å². The van der Waals surface area contributed by atoms with Crippen LogP contribution in [0.4, 0.5) is 5.69 Å². The van der Waals surface area contributed by atoms with Gasteiger partial charge in [-0.3, -0.25) is 9.59 Å².